The molecule has 10 heavy (non-hydrogen) atoms. The van der Waals surface area contributed by atoms with Crippen molar-refractivity contribution in [2.24, 2.45) is 0 Å². The van der Waals surface area contributed by atoms with Gasteiger partial charge in [-0.05, 0) is 15.9 Å². The molecular formula is C5H5BrN4. The van der Waals surface area contributed by atoms with Gasteiger partial charge in [-0.1, -0.05) is 0 Å². The summed E-state index contributed by atoms with van der Waals surface area (Å²) in [7, 11) is 0. The largest absolute Gasteiger partial charge is 0.382 e. The zero-order valence-electron chi connectivity index (χ0n) is 5.00. The molecule has 3 N–H and O–H groups in total. The molecule has 5 heteroatoms. The van der Waals surface area contributed by atoms with E-state index in [9.17, 15) is 0 Å². The summed E-state index contributed by atoms with van der Waals surface area (Å²) in [6, 6.07) is 0. The molecule has 0 saturated carbocycles. The van der Waals surface area contributed by atoms with E-state index in [1.807, 2.05) is 0 Å². The van der Waals surface area contributed by atoms with Crippen LogP contribution in [0.25, 0.3) is 0 Å². The van der Waals surface area contributed by atoms with Crippen LogP contribution < -0.4 is 5.73 Å². The fourth-order valence-electron chi connectivity index (χ4n) is 0.518. The van der Waals surface area contributed by atoms with Gasteiger partial charge in [0.05, 0.1) is 0 Å². The predicted octanol–water partition coefficient (Wildman–Crippen LogP) is 0.779. The van der Waals surface area contributed by atoms with Crippen LogP contribution in [0.5, 0.6) is 0 Å². The molecule has 0 aliphatic heterocycles. The van der Waals surface area contributed by atoms with Crippen LogP contribution in [0.15, 0.2) is 12.4 Å². The van der Waals surface area contributed by atoms with E-state index >= 15 is 0 Å². The van der Waals surface area contributed by atoms with E-state index in [4.69, 9.17) is 11.1 Å². The Hall–Kier alpha value is -0.970. The van der Waals surface area contributed by atoms with Gasteiger partial charge in [-0.15, -0.1) is 0 Å². The standard InChI is InChI=1S/C5H5BrN4/c6-4(7)3-5(8)10-2-1-9-3/h1-2,7H,(H2,8,10). The number of anilines is 1. The maximum absolute atomic E-state index is 7.11. The Morgan fingerprint density at radius 2 is 2.10 bits per heavy atom. The van der Waals surface area contributed by atoms with Crippen LogP contribution in [0.1, 0.15) is 5.69 Å². The highest BCUT2D eigenvalue weighted by atomic mass is 79.9. The molecule has 0 spiro atoms. The summed E-state index contributed by atoms with van der Waals surface area (Å²) in [5, 5.41) is 7.11. The van der Waals surface area contributed by atoms with E-state index < -0.39 is 0 Å². The molecule has 52 valence electrons. The van der Waals surface area contributed by atoms with Crippen molar-refractivity contribution in [2.75, 3.05) is 5.73 Å². The summed E-state index contributed by atoms with van der Waals surface area (Å²) < 4.78 is 0.151. The molecule has 1 rings (SSSR count). The average Bonchev–Trinajstić information content (AvgIpc) is 1.88. The highest BCUT2D eigenvalue weighted by molar-refractivity contribution is 9.18. The second kappa shape index (κ2) is 2.74. The van der Waals surface area contributed by atoms with Crippen LogP contribution in [0.2, 0.25) is 0 Å². The molecule has 1 aromatic rings. The number of nitrogens with two attached hydrogens (primary N) is 1. The lowest BCUT2D eigenvalue weighted by atomic mass is 10.4. The quantitative estimate of drug-likeness (QED) is 0.659. The molecule has 0 saturated heterocycles. The number of nitrogens with zero attached hydrogens (tertiary/aromatic N) is 2. The Morgan fingerprint density at radius 3 is 2.50 bits per heavy atom. The monoisotopic (exact) mass is 200 g/mol. The normalized spacial score (nSPS) is 9.30. The van der Waals surface area contributed by atoms with Gasteiger partial charge in [0.15, 0.2) is 5.82 Å². The van der Waals surface area contributed by atoms with Crippen LogP contribution in [-0.2, 0) is 0 Å². The molecule has 0 bridgehead atoms. The minimum absolute atomic E-state index is 0.151. The maximum Gasteiger partial charge on any atom is 0.152 e. The minimum atomic E-state index is 0.151. The first kappa shape index (κ1) is 7.14. The summed E-state index contributed by atoms with van der Waals surface area (Å²) in [5.41, 5.74) is 5.75. The fraction of sp³-hybridized carbons (Fsp3) is 0. The van der Waals surface area contributed by atoms with Crippen LogP contribution in [0.3, 0.4) is 0 Å². The van der Waals surface area contributed by atoms with Crippen molar-refractivity contribution < 1.29 is 0 Å². The molecule has 1 aromatic heterocycles. The van der Waals surface area contributed by atoms with E-state index in [1.54, 1.807) is 0 Å². The first-order chi connectivity index (χ1) is 4.72. The highest BCUT2D eigenvalue weighted by Gasteiger charge is 2.02. The first-order valence-corrected chi connectivity index (χ1v) is 3.32. The topological polar surface area (TPSA) is 75.7 Å². The molecule has 0 amide bonds. The molecule has 4 nitrogen and oxygen atoms in total. The third kappa shape index (κ3) is 1.30. The molecule has 1 heterocycles. The minimum Gasteiger partial charge on any atom is -0.382 e. The number of hydrogen-bond donors (Lipinski definition) is 2. The van der Waals surface area contributed by atoms with Gasteiger partial charge < -0.3 is 5.73 Å². The zero-order chi connectivity index (χ0) is 7.56. The maximum atomic E-state index is 7.11. The number of rotatable bonds is 1. The van der Waals surface area contributed by atoms with Gasteiger partial charge in [0.2, 0.25) is 0 Å². The van der Waals surface area contributed by atoms with E-state index in [0.717, 1.165) is 0 Å². The van der Waals surface area contributed by atoms with E-state index in [2.05, 4.69) is 25.9 Å². The third-order valence-corrected chi connectivity index (χ3v) is 1.31. The third-order valence-electron chi connectivity index (χ3n) is 0.934. The number of aromatic nitrogens is 2. The van der Waals surface area contributed by atoms with E-state index in [0.29, 0.717) is 5.69 Å². The summed E-state index contributed by atoms with van der Waals surface area (Å²) in [4.78, 5) is 7.56. The summed E-state index contributed by atoms with van der Waals surface area (Å²) in [5.74, 6) is 0.268. The molecular weight excluding hydrogens is 196 g/mol. The van der Waals surface area contributed by atoms with Gasteiger partial charge in [-0.25, -0.2) is 9.97 Å². The lowest BCUT2D eigenvalue weighted by Crippen LogP contribution is -2.02. The van der Waals surface area contributed by atoms with Crippen LogP contribution >= 0.6 is 15.9 Å². The molecule has 0 fully saturated rings. The molecule has 0 radical (unpaired) electrons. The summed E-state index contributed by atoms with van der Waals surface area (Å²) in [6.07, 6.45) is 2.97. The van der Waals surface area contributed by atoms with Crippen molar-refractivity contribution in [3.05, 3.63) is 18.1 Å². The lowest BCUT2D eigenvalue weighted by Gasteiger charge is -1.96. The van der Waals surface area contributed by atoms with Gasteiger partial charge in [-0.2, -0.15) is 0 Å². The van der Waals surface area contributed by atoms with Crippen molar-refractivity contribution in [1.29, 1.82) is 5.41 Å². The molecule has 0 unspecified atom stereocenters. The second-order valence-corrected chi connectivity index (χ2v) is 2.40. The first-order valence-electron chi connectivity index (χ1n) is 2.52. The number of nitrogen functional groups attached to an aromatic ring is 1. The lowest BCUT2D eigenvalue weighted by molar-refractivity contribution is 1.19. The Kier molecular flexibility index (Phi) is 1.96. The predicted molar refractivity (Wildman–Crippen MR) is 42.2 cm³/mol. The molecule has 0 aromatic carbocycles. The Morgan fingerprint density at radius 1 is 1.50 bits per heavy atom. The average molecular weight is 201 g/mol. The SMILES string of the molecule is N=C(Br)c1nccnc1N. The zero-order valence-corrected chi connectivity index (χ0v) is 6.59. The Bertz CT molecular complexity index is 260. The van der Waals surface area contributed by atoms with Crippen molar-refractivity contribution in [2.45, 2.75) is 0 Å². The number of hydrogen-bond acceptors (Lipinski definition) is 4. The Balaban J connectivity index is 3.15. The second-order valence-electron chi connectivity index (χ2n) is 1.60. The van der Waals surface area contributed by atoms with Crippen LogP contribution in [0, 0.1) is 5.41 Å². The van der Waals surface area contributed by atoms with E-state index in [-0.39, 0.29) is 10.4 Å². The smallest absolute Gasteiger partial charge is 0.152 e. The Labute approximate surface area is 66.1 Å². The molecule has 0 aliphatic rings. The fourth-order valence-corrected chi connectivity index (χ4v) is 0.823. The van der Waals surface area contributed by atoms with Crippen molar-refractivity contribution in [3.63, 3.8) is 0 Å². The van der Waals surface area contributed by atoms with Crippen LogP contribution in [0.4, 0.5) is 5.82 Å². The van der Waals surface area contributed by atoms with Crippen molar-refractivity contribution >= 4 is 26.4 Å². The van der Waals surface area contributed by atoms with E-state index in [1.165, 1.54) is 12.4 Å². The molecule has 0 atom stereocenters. The van der Waals surface area contributed by atoms with Crippen LogP contribution in [-0.4, -0.2) is 14.6 Å². The summed E-state index contributed by atoms with van der Waals surface area (Å²) in [6.45, 7) is 0. The number of halogens is 1. The van der Waals surface area contributed by atoms with Gasteiger partial charge in [-0.3, -0.25) is 5.41 Å². The van der Waals surface area contributed by atoms with Gasteiger partial charge in [0.1, 0.15) is 10.3 Å². The van der Waals surface area contributed by atoms with Crippen molar-refractivity contribution in [3.8, 4) is 0 Å². The number of nitrogens with one attached hydrogen (secondary N) is 1. The summed E-state index contributed by atoms with van der Waals surface area (Å²) >= 11 is 2.93. The molecule has 0 aliphatic carbocycles. The van der Waals surface area contributed by atoms with Gasteiger partial charge >= 0.3 is 0 Å². The van der Waals surface area contributed by atoms with Crippen molar-refractivity contribution in [1.82, 2.24) is 9.97 Å². The van der Waals surface area contributed by atoms with Gasteiger partial charge in [0, 0.05) is 12.4 Å². The highest BCUT2D eigenvalue weighted by Crippen LogP contribution is 2.06. The van der Waals surface area contributed by atoms with Gasteiger partial charge in [0.25, 0.3) is 0 Å².